The maximum Gasteiger partial charge on any atom is 0.237 e. The molecule has 1 aliphatic rings. The molecule has 0 fully saturated rings. The van der Waals surface area contributed by atoms with Gasteiger partial charge in [0.05, 0.1) is 36.1 Å². The van der Waals surface area contributed by atoms with E-state index >= 15 is 0 Å². The topological polar surface area (TPSA) is 61.8 Å². The van der Waals surface area contributed by atoms with Gasteiger partial charge >= 0.3 is 0 Å². The molecule has 0 atom stereocenters. The summed E-state index contributed by atoms with van der Waals surface area (Å²) >= 11 is 3.32. The van der Waals surface area contributed by atoms with Crippen LogP contribution in [-0.4, -0.2) is 28.7 Å². The standard InChI is InChI=1S/C11H12BrClO5S/c1-16-10-7(6-19(13,14)15)11-9(5-8(10)12)17-3-2-4-18-11/h5H,2-4,6H2,1H3. The first kappa shape index (κ1) is 14.7. The third kappa shape index (κ3) is 3.46. The molecule has 0 spiro atoms. The summed E-state index contributed by atoms with van der Waals surface area (Å²) in [4.78, 5) is 0. The third-order valence-corrected chi connectivity index (χ3v) is 4.11. The number of hydrogen-bond donors (Lipinski definition) is 0. The molecule has 106 valence electrons. The number of hydrogen-bond acceptors (Lipinski definition) is 5. The van der Waals surface area contributed by atoms with Crippen LogP contribution in [0.15, 0.2) is 10.5 Å². The van der Waals surface area contributed by atoms with Crippen LogP contribution in [-0.2, 0) is 14.8 Å². The minimum atomic E-state index is -3.74. The molecule has 8 heteroatoms. The molecular weight excluding hydrogens is 360 g/mol. The SMILES string of the molecule is COc1c(Br)cc2c(c1CS(=O)(=O)Cl)OCCCO2. The zero-order chi connectivity index (χ0) is 14.0. The lowest BCUT2D eigenvalue weighted by atomic mass is 10.2. The van der Waals surface area contributed by atoms with Gasteiger partial charge in [-0.05, 0) is 15.9 Å². The normalized spacial score (nSPS) is 14.9. The molecule has 0 aliphatic carbocycles. The maximum atomic E-state index is 11.4. The predicted molar refractivity (Wildman–Crippen MR) is 74.8 cm³/mol. The second-order valence-corrected chi connectivity index (χ2v) is 7.56. The molecular formula is C11H12BrClO5S. The molecule has 1 heterocycles. The minimum absolute atomic E-state index is 0.365. The van der Waals surface area contributed by atoms with E-state index in [-0.39, 0.29) is 5.75 Å². The van der Waals surface area contributed by atoms with Crippen molar-refractivity contribution in [2.75, 3.05) is 20.3 Å². The largest absolute Gasteiger partial charge is 0.495 e. The van der Waals surface area contributed by atoms with Gasteiger partial charge in [-0.3, -0.25) is 0 Å². The highest BCUT2D eigenvalue weighted by atomic mass is 79.9. The Labute approximate surface area is 124 Å². The smallest absolute Gasteiger partial charge is 0.237 e. The zero-order valence-corrected chi connectivity index (χ0v) is 13.3. The molecule has 0 amide bonds. The first-order chi connectivity index (χ1) is 8.92. The van der Waals surface area contributed by atoms with Gasteiger partial charge in [0.15, 0.2) is 11.5 Å². The number of benzene rings is 1. The Bertz CT molecular complexity index is 587. The first-order valence-electron chi connectivity index (χ1n) is 5.49. The van der Waals surface area contributed by atoms with Crippen molar-refractivity contribution in [3.8, 4) is 17.2 Å². The van der Waals surface area contributed by atoms with Crippen LogP contribution in [0.4, 0.5) is 0 Å². The predicted octanol–water partition coefficient (Wildman–Crippen LogP) is 2.69. The van der Waals surface area contributed by atoms with Gasteiger partial charge in [0, 0.05) is 23.2 Å². The van der Waals surface area contributed by atoms with Crippen LogP contribution in [0.3, 0.4) is 0 Å². The van der Waals surface area contributed by atoms with Gasteiger partial charge < -0.3 is 14.2 Å². The summed E-state index contributed by atoms with van der Waals surface area (Å²) in [5.74, 6) is 0.860. The summed E-state index contributed by atoms with van der Waals surface area (Å²) in [6.07, 6.45) is 0.724. The van der Waals surface area contributed by atoms with E-state index in [1.807, 2.05) is 0 Å². The molecule has 0 aromatic heterocycles. The molecule has 0 N–H and O–H groups in total. The average Bonchev–Trinajstić information content (AvgIpc) is 2.52. The quantitative estimate of drug-likeness (QED) is 0.765. The van der Waals surface area contributed by atoms with Gasteiger partial charge in [-0.15, -0.1) is 0 Å². The van der Waals surface area contributed by atoms with Crippen LogP contribution in [0, 0.1) is 0 Å². The fraction of sp³-hybridized carbons (Fsp3) is 0.455. The summed E-state index contributed by atoms with van der Waals surface area (Å²) in [6.45, 7) is 0.964. The highest BCUT2D eigenvalue weighted by Crippen LogP contribution is 2.45. The summed E-state index contributed by atoms with van der Waals surface area (Å²) in [7, 11) is 3.05. The molecule has 0 bridgehead atoms. The maximum absolute atomic E-state index is 11.4. The molecule has 0 radical (unpaired) electrons. The number of halogens is 2. The molecule has 1 aliphatic heterocycles. The average molecular weight is 372 g/mol. The van der Waals surface area contributed by atoms with Gasteiger partial charge in [0.25, 0.3) is 0 Å². The second-order valence-electron chi connectivity index (χ2n) is 3.93. The number of fused-ring (bicyclic) bond motifs is 1. The summed E-state index contributed by atoms with van der Waals surface area (Å²) < 4.78 is 39.6. The van der Waals surface area contributed by atoms with Crippen LogP contribution in [0.2, 0.25) is 0 Å². The van der Waals surface area contributed by atoms with Crippen LogP contribution in [0.25, 0.3) is 0 Å². The fourth-order valence-corrected chi connectivity index (χ4v) is 3.39. The number of rotatable bonds is 3. The van der Waals surface area contributed by atoms with E-state index in [9.17, 15) is 8.42 Å². The second kappa shape index (κ2) is 5.76. The van der Waals surface area contributed by atoms with E-state index in [1.165, 1.54) is 7.11 Å². The zero-order valence-electron chi connectivity index (χ0n) is 10.1. The molecule has 0 saturated carbocycles. The van der Waals surface area contributed by atoms with Crippen molar-refractivity contribution in [2.45, 2.75) is 12.2 Å². The van der Waals surface area contributed by atoms with Crippen molar-refractivity contribution in [3.63, 3.8) is 0 Å². The van der Waals surface area contributed by atoms with Crippen LogP contribution >= 0.6 is 26.6 Å². The van der Waals surface area contributed by atoms with Gasteiger partial charge in [-0.25, -0.2) is 8.42 Å². The lowest BCUT2D eigenvalue weighted by Crippen LogP contribution is -2.04. The molecule has 19 heavy (non-hydrogen) atoms. The molecule has 2 rings (SSSR count). The van der Waals surface area contributed by atoms with Crippen molar-refractivity contribution in [1.82, 2.24) is 0 Å². The molecule has 1 aromatic carbocycles. The van der Waals surface area contributed by atoms with Gasteiger partial charge in [-0.1, -0.05) is 0 Å². The Morgan fingerprint density at radius 1 is 1.42 bits per heavy atom. The monoisotopic (exact) mass is 370 g/mol. The van der Waals surface area contributed by atoms with Crippen molar-refractivity contribution < 1.29 is 22.6 Å². The van der Waals surface area contributed by atoms with Crippen LogP contribution in [0.1, 0.15) is 12.0 Å². The Hall–Kier alpha value is -0.660. The van der Waals surface area contributed by atoms with Crippen molar-refractivity contribution in [3.05, 3.63) is 16.1 Å². The highest BCUT2D eigenvalue weighted by Gasteiger charge is 2.25. The van der Waals surface area contributed by atoms with Gasteiger partial charge in [0.2, 0.25) is 9.05 Å². The number of ether oxygens (including phenoxy) is 3. The lowest BCUT2D eigenvalue weighted by Gasteiger charge is -2.16. The van der Waals surface area contributed by atoms with Gasteiger partial charge in [0.1, 0.15) is 5.75 Å². The van der Waals surface area contributed by atoms with Crippen molar-refractivity contribution in [2.24, 2.45) is 0 Å². The molecule has 0 unspecified atom stereocenters. The lowest BCUT2D eigenvalue weighted by molar-refractivity contribution is 0.296. The van der Waals surface area contributed by atoms with E-state index < -0.39 is 9.05 Å². The van der Waals surface area contributed by atoms with Crippen molar-refractivity contribution >= 4 is 35.7 Å². The van der Waals surface area contributed by atoms with E-state index in [0.717, 1.165) is 6.42 Å². The van der Waals surface area contributed by atoms with E-state index in [4.69, 9.17) is 24.9 Å². The Morgan fingerprint density at radius 3 is 2.74 bits per heavy atom. The minimum Gasteiger partial charge on any atom is -0.495 e. The Kier molecular flexibility index (Phi) is 4.47. The summed E-state index contributed by atoms with van der Waals surface area (Å²) in [6, 6.07) is 1.70. The highest BCUT2D eigenvalue weighted by molar-refractivity contribution is 9.10. The van der Waals surface area contributed by atoms with Crippen molar-refractivity contribution in [1.29, 1.82) is 0 Å². The van der Waals surface area contributed by atoms with E-state index in [2.05, 4.69) is 15.9 Å². The van der Waals surface area contributed by atoms with E-state index in [0.29, 0.717) is 40.5 Å². The summed E-state index contributed by atoms with van der Waals surface area (Å²) in [5, 5.41) is 0. The fourth-order valence-electron chi connectivity index (χ4n) is 1.85. The Balaban J connectivity index is 2.61. The first-order valence-corrected chi connectivity index (χ1v) is 8.77. The van der Waals surface area contributed by atoms with Crippen LogP contribution in [0.5, 0.6) is 17.2 Å². The molecule has 5 nitrogen and oxygen atoms in total. The van der Waals surface area contributed by atoms with Crippen LogP contribution < -0.4 is 14.2 Å². The Morgan fingerprint density at radius 2 is 2.11 bits per heavy atom. The van der Waals surface area contributed by atoms with Gasteiger partial charge in [-0.2, -0.15) is 0 Å². The van der Waals surface area contributed by atoms with E-state index in [1.54, 1.807) is 6.07 Å². The third-order valence-electron chi connectivity index (χ3n) is 2.56. The number of methoxy groups -OCH3 is 1. The summed E-state index contributed by atoms with van der Waals surface area (Å²) in [5.41, 5.74) is 0.365. The molecule has 0 saturated heterocycles. The molecule has 1 aromatic rings.